The summed E-state index contributed by atoms with van der Waals surface area (Å²) in [5, 5.41) is 25.7. The normalized spacial score (nSPS) is 19.5. The summed E-state index contributed by atoms with van der Waals surface area (Å²) >= 11 is 0. The van der Waals surface area contributed by atoms with Crippen LogP contribution < -0.4 is 15.4 Å². The lowest BCUT2D eigenvalue weighted by atomic mass is 9.98. The molecule has 1 aliphatic carbocycles. The maximum absolute atomic E-state index is 12.7. The summed E-state index contributed by atoms with van der Waals surface area (Å²) in [6, 6.07) is 21.2. The number of carbonyl (C=O) groups is 3. The number of benzene rings is 3. The molecule has 4 N–H and O–H groups in total. The van der Waals surface area contributed by atoms with Crippen molar-refractivity contribution in [2.75, 3.05) is 40.6 Å². The zero-order valence-electron chi connectivity index (χ0n) is 28.5. The van der Waals surface area contributed by atoms with Crippen LogP contribution in [0.5, 0.6) is 5.75 Å². The number of rotatable bonds is 16. The lowest BCUT2D eigenvalue weighted by Gasteiger charge is -2.27. The van der Waals surface area contributed by atoms with E-state index in [-0.39, 0.29) is 38.7 Å². The third-order valence-corrected chi connectivity index (χ3v) is 8.72. The Kier molecular flexibility index (Phi) is 12.1. The van der Waals surface area contributed by atoms with E-state index in [2.05, 4.69) is 10.6 Å². The summed E-state index contributed by atoms with van der Waals surface area (Å²) in [6.45, 7) is 3.32. The molecule has 1 aliphatic heterocycles. The van der Waals surface area contributed by atoms with Gasteiger partial charge in [-0.3, -0.25) is 4.79 Å². The first-order valence-electron chi connectivity index (χ1n) is 16.4. The van der Waals surface area contributed by atoms with Crippen molar-refractivity contribution in [1.82, 2.24) is 10.6 Å². The molecule has 3 aromatic rings. The van der Waals surface area contributed by atoms with Crippen LogP contribution in [0.1, 0.15) is 36.5 Å². The Balaban J connectivity index is 1.07. The lowest BCUT2D eigenvalue weighted by Crippen LogP contribution is -2.49. The van der Waals surface area contributed by atoms with Crippen molar-refractivity contribution >= 4 is 18.0 Å². The minimum absolute atomic E-state index is 0.00273. The quantitative estimate of drug-likeness (QED) is 0.174. The van der Waals surface area contributed by atoms with Crippen LogP contribution in [0.25, 0.3) is 11.1 Å². The summed E-state index contributed by atoms with van der Waals surface area (Å²) in [6.07, 6.45) is -3.80. The van der Waals surface area contributed by atoms with Gasteiger partial charge in [-0.05, 0) is 53.8 Å². The number of aliphatic carboxylic acids is 1. The molecule has 13 nitrogen and oxygen atoms in total. The van der Waals surface area contributed by atoms with Gasteiger partial charge in [0.15, 0.2) is 12.4 Å². The van der Waals surface area contributed by atoms with Crippen molar-refractivity contribution < 1.29 is 53.0 Å². The topological polar surface area (TPSA) is 171 Å². The Morgan fingerprint density at radius 2 is 1.52 bits per heavy atom. The van der Waals surface area contributed by atoms with Gasteiger partial charge in [0.1, 0.15) is 42.8 Å². The van der Waals surface area contributed by atoms with Crippen molar-refractivity contribution in [3.8, 4) is 16.9 Å². The molecule has 1 saturated heterocycles. The molecule has 0 saturated carbocycles. The molecule has 1 fully saturated rings. The molecule has 5 atom stereocenters. The molecule has 2 aliphatic rings. The van der Waals surface area contributed by atoms with Gasteiger partial charge in [0.25, 0.3) is 5.91 Å². The average molecular weight is 693 g/mol. The van der Waals surface area contributed by atoms with Gasteiger partial charge in [-0.1, -0.05) is 60.7 Å². The maximum atomic E-state index is 12.7. The van der Waals surface area contributed by atoms with Crippen LogP contribution >= 0.6 is 0 Å². The van der Waals surface area contributed by atoms with Crippen LogP contribution in [0, 0.1) is 0 Å². The van der Waals surface area contributed by atoms with Gasteiger partial charge in [0, 0.05) is 33.1 Å². The largest absolute Gasteiger partial charge is 0.484 e. The first-order chi connectivity index (χ1) is 24.0. The molecule has 0 spiro atoms. The molecule has 268 valence electrons. The monoisotopic (exact) mass is 692 g/mol. The van der Waals surface area contributed by atoms with E-state index in [9.17, 15) is 24.6 Å². The fourth-order valence-electron chi connectivity index (χ4n) is 6.34. The van der Waals surface area contributed by atoms with Crippen LogP contribution in [0.2, 0.25) is 0 Å². The van der Waals surface area contributed by atoms with Crippen LogP contribution in [-0.4, -0.2) is 105 Å². The van der Waals surface area contributed by atoms with Crippen molar-refractivity contribution in [1.29, 1.82) is 0 Å². The van der Waals surface area contributed by atoms with E-state index in [0.29, 0.717) is 11.3 Å². The predicted molar refractivity (Wildman–Crippen MR) is 181 cm³/mol. The molecule has 0 bridgehead atoms. The van der Waals surface area contributed by atoms with Crippen molar-refractivity contribution in [3.63, 3.8) is 0 Å². The van der Waals surface area contributed by atoms with E-state index in [1.165, 1.54) is 14.2 Å². The van der Waals surface area contributed by atoms with Gasteiger partial charge in [-0.25, -0.2) is 9.59 Å². The summed E-state index contributed by atoms with van der Waals surface area (Å²) < 4.78 is 33.6. The van der Waals surface area contributed by atoms with Gasteiger partial charge < -0.3 is 49.3 Å². The number of amides is 2. The smallest absolute Gasteiger partial charge is 0.407 e. The van der Waals surface area contributed by atoms with E-state index < -0.39 is 54.2 Å². The number of methoxy groups -OCH3 is 2. The number of carboxylic acids is 1. The second kappa shape index (κ2) is 16.5. The Morgan fingerprint density at radius 1 is 0.900 bits per heavy atom. The van der Waals surface area contributed by atoms with Crippen molar-refractivity contribution in [2.45, 2.75) is 62.4 Å². The third-order valence-electron chi connectivity index (χ3n) is 8.72. The number of carbonyl (C=O) groups excluding carboxylic acids is 2. The molecule has 0 unspecified atom stereocenters. The van der Waals surface area contributed by atoms with Gasteiger partial charge in [-0.2, -0.15) is 0 Å². The van der Waals surface area contributed by atoms with E-state index >= 15 is 0 Å². The molecule has 3 aromatic carbocycles. The Bertz CT molecular complexity index is 1580. The molecule has 0 aromatic heterocycles. The Labute approximate surface area is 290 Å². The Morgan fingerprint density at radius 3 is 2.12 bits per heavy atom. The number of ether oxygens (including phenoxy) is 6. The SMILES string of the molecule is COC[C@@H](OC)[C@H]1OC(C)(C)O[C@@H]1[C@@H](O)CNC(=O)COc1ccc(C[C@H](NC(=O)OCC2c3ccccc3-c3ccccc32)C(=O)O)cc1. The predicted octanol–water partition coefficient (Wildman–Crippen LogP) is 3.26. The molecule has 5 rings (SSSR count). The highest BCUT2D eigenvalue weighted by atomic mass is 16.8. The zero-order valence-corrected chi connectivity index (χ0v) is 28.5. The molecule has 1 heterocycles. The minimum Gasteiger partial charge on any atom is -0.484 e. The van der Waals surface area contributed by atoms with Gasteiger partial charge >= 0.3 is 12.1 Å². The number of hydrogen-bond donors (Lipinski definition) is 4. The molecule has 2 amide bonds. The van der Waals surface area contributed by atoms with Gasteiger partial charge in [-0.15, -0.1) is 0 Å². The van der Waals surface area contributed by atoms with Crippen molar-refractivity contribution in [2.24, 2.45) is 0 Å². The van der Waals surface area contributed by atoms with E-state index in [0.717, 1.165) is 22.3 Å². The first-order valence-corrected chi connectivity index (χ1v) is 16.4. The highest BCUT2D eigenvalue weighted by Gasteiger charge is 2.48. The fourth-order valence-corrected chi connectivity index (χ4v) is 6.34. The third kappa shape index (κ3) is 8.97. The van der Waals surface area contributed by atoms with Crippen LogP contribution in [0.15, 0.2) is 72.8 Å². The second-order valence-electron chi connectivity index (χ2n) is 12.7. The van der Waals surface area contributed by atoms with E-state index in [1.54, 1.807) is 38.1 Å². The molecule has 13 heteroatoms. The zero-order chi connectivity index (χ0) is 35.8. The number of nitrogens with one attached hydrogen (secondary N) is 2. The summed E-state index contributed by atoms with van der Waals surface area (Å²) in [5.41, 5.74) is 4.91. The molecule has 0 radical (unpaired) electrons. The standard InChI is InChI=1S/C37H44N2O11/c1-37(2)49-33(34(50-37)31(46-4)20-45-3)30(40)18-38-32(41)21-47-23-15-13-22(14-16-23)17-29(35(42)43)39-36(44)48-19-28-26-11-7-5-9-24(26)25-10-6-8-12-27(25)28/h5-16,28-31,33-34,40H,17-21H2,1-4H3,(H,38,41)(H,39,44)(H,42,43)/t29-,30-,31+,33+,34+/m0/s1. The second-order valence-corrected chi connectivity index (χ2v) is 12.7. The number of hydrogen-bond acceptors (Lipinski definition) is 10. The molecule has 50 heavy (non-hydrogen) atoms. The van der Waals surface area contributed by atoms with Crippen LogP contribution in [0.4, 0.5) is 4.79 Å². The number of aliphatic hydroxyl groups excluding tert-OH is 1. The van der Waals surface area contributed by atoms with E-state index in [4.69, 9.17) is 28.4 Å². The van der Waals surface area contributed by atoms with Crippen molar-refractivity contribution in [3.05, 3.63) is 89.5 Å². The summed E-state index contributed by atoms with van der Waals surface area (Å²) in [4.78, 5) is 37.2. The molecular weight excluding hydrogens is 648 g/mol. The Hall–Kier alpha value is -4.53. The average Bonchev–Trinajstić information content (AvgIpc) is 3.61. The number of fused-ring (bicyclic) bond motifs is 3. The summed E-state index contributed by atoms with van der Waals surface area (Å²) in [7, 11) is 3.05. The molecular formula is C37H44N2O11. The number of alkyl carbamates (subject to hydrolysis) is 1. The maximum Gasteiger partial charge on any atom is 0.407 e. The number of aliphatic hydroxyl groups is 1. The van der Waals surface area contributed by atoms with Gasteiger partial charge in [0.2, 0.25) is 0 Å². The minimum atomic E-state index is -1.23. The highest BCUT2D eigenvalue weighted by Crippen LogP contribution is 2.44. The lowest BCUT2D eigenvalue weighted by molar-refractivity contribution is -0.164. The number of carboxylic acid groups (broad SMARTS) is 1. The summed E-state index contributed by atoms with van der Waals surface area (Å²) in [5.74, 6) is -2.42. The van der Waals surface area contributed by atoms with Crippen LogP contribution in [-0.2, 0) is 39.7 Å². The van der Waals surface area contributed by atoms with Crippen LogP contribution in [0.3, 0.4) is 0 Å². The van der Waals surface area contributed by atoms with E-state index in [1.807, 2.05) is 48.5 Å². The highest BCUT2D eigenvalue weighted by molar-refractivity contribution is 5.81. The van der Waals surface area contributed by atoms with Gasteiger partial charge in [0.05, 0.1) is 6.61 Å². The first kappa shape index (κ1) is 36.7. The fraction of sp³-hybridized carbons (Fsp3) is 0.432.